The van der Waals surface area contributed by atoms with Gasteiger partial charge in [0.1, 0.15) is 0 Å². The number of benzene rings is 1. The first-order valence-corrected chi connectivity index (χ1v) is 7.29. The van der Waals surface area contributed by atoms with E-state index >= 15 is 0 Å². The largest absolute Gasteiger partial charge is 0.397 e. The summed E-state index contributed by atoms with van der Waals surface area (Å²) in [4.78, 5) is 0.129. The van der Waals surface area contributed by atoms with Crippen LogP contribution in [0.1, 0.15) is 19.4 Å². The van der Waals surface area contributed by atoms with Gasteiger partial charge in [-0.3, -0.25) is 0 Å². The first-order valence-electron chi connectivity index (χ1n) is 5.42. The lowest BCUT2D eigenvalue weighted by Gasteiger charge is -2.09. The Morgan fingerprint density at radius 2 is 2.06 bits per heavy atom. The highest BCUT2D eigenvalue weighted by atomic mass is 35.5. The van der Waals surface area contributed by atoms with Crippen LogP contribution in [0.4, 0.5) is 5.69 Å². The van der Waals surface area contributed by atoms with Gasteiger partial charge in [-0.25, -0.2) is 13.1 Å². The van der Waals surface area contributed by atoms with Gasteiger partial charge in [-0.15, -0.1) is 0 Å². The summed E-state index contributed by atoms with van der Waals surface area (Å²) in [5, 5.41) is 0.387. The molecule has 18 heavy (non-hydrogen) atoms. The molecule has 1 aromatic carbocycles. The summed E-state index contributed by atoms with van der Waals surface area (Å²) in [6.07, 6.45) is 1.80. The maximum atomic E-state index is 12.0. The molecule has 0 heterocycles. The van der Waals surface area contributed by atoms with Crippen molar-refractivity contribution in [2.24, 2.45) is 0 Å². The van der Waals surface area contributed by atoms with E-state index in [0.29, 0.717) is 10.6 Å². The molecule has 0 amide bonds. The fourth-order valence-corrected chi connectivity index (χ4v) is 2.55. The smallest absolute Gasteiger partial charge is 0.240 e. The summed E-state index contributed by atoms with van der Waals surface area (Å²) in [5.74, 6) is 0. The number of hydrogen-bond donors (Lipinski definition) is 2. The Labute approximate surface area is 113 Å². The Hall–Kier alpha value is -1.04. The van der Waals surface area contributed by atoms with Crippen LogP contribution in [0.25, 0.3) is 0 Å². The van der Waals surface area contributed by atoms with E-state index in [0.717, 1.165) is 5.57 Å². The minimum Gasteiger partial charge on any atom is -0.397 e. The van der Waals surface area contributed by atoms with E-state index in [1.165, 1.54) is 12.1 Å². The maximum absolute atomic E-state index is 12.0. The predicted octanol–water partition coefficient (Wildman–Crippen LogP) is 2.48. The Balaban J connectivity index is 3.03. The molecule has 0 aliphatic rings. The van der Waals surface area contributed by atoms with Crippen molar-refractivity contribution in [3.63, 3.8) is 0 Å². The zero-order valence-electron chi connectivity index (χ0n) is 10.6. The number of sulfonamides is 1. The average Bonchev–Trinajstić information content (AvgIpc) is 2.24. The van der Waals surface area contributed by atoms with Crippen molar-refractivity contribution in [3.8, 4) is 0 Å². The van der Waals surface area contributed by atoms with Gasteiger partial charge in [-0.05, 0) is 38.5 Å². The van der Waals surface area contributed by atoms with E-state index in [1.807, 2.05) is 13.8 Å². The van der Waals surface area contributed by atoms with Gasteiger partial charge >= 0.3 is 0 Å². The highest BCUT2D eigenvalue weighted by molar-refractivity contribution is 7.89. The Kier molecular flexibility index (Phi) is 4.78. The molecule has 0 aromatic heterocycles. The fourth-order valence-electron chi connectivity index (χ4n) is 1.36. The van der Waals surface area contributed by atoms with E-state index in [1.54, 1.807) is 13.0 Å². The van der Waals surface area contributed by atoms with Gasteiger partial charge < -0.3 is 5.73 Å². The quantitative estimate of drug-likeness (QED) is 0.660. The minimum atomic E-state index is -3.55. The third-order valence-corrected chi connectivity index (χ3v) is 4.27. The summed E-state index contributed by atoms with van der Waals surface area (Å²) in [7, 11) is -3.55. The van der Waals surface area contributed by atoms with Crippen molar-refractivity contribution in [1.82, 2.24) is 4.72 Å². The van der Waals surface area contributed by atoms with Gasteiger partial charge in [-0.2, -0.15) is 0 Å². The molecule has 4 nitrogen and oxygen atoms in total. The molecule has 0 spiro atoms. The van der Waals surface area contributed by atoms with Crippen molar-refractivity contribution in [2.75, 3.05) is 12.3 Å². The van der Waals surface area contributed by atoms with Gasteiger partial charge in [0, 0.05) is 6.54 Å². The molecule has 0 radical (unpaired) electrons. The SMILES string of the molecule is CC(C)=CCNS(=O)(=O)c1cc(C)c(Cl)c(N)c1. The molecule has 0 fully saturated rings. The third kappa shape index (κ3) is 3.73. The minimum absolute atomic E-state index is 0.129. The summed E-state index contributed by atoms with van der Waals surface area (Å²) < 4.78 is 26.5. The van der Waals surface area contributed by atoms with Crippen molar-refractivity contribution >= 4 is 27.3 Å². The van der Waals surface area contributed by atoms with Crippen LogP contribution in [0.2, 0.25) is 5.02 Å². The molecule has 0 atom stereocenters. The van der Waals surface area contributed by atoms with Crippen molar-refractivity contribution in [3.05, 3.63) is 34.4 Å². The first-order chi connectivity index (χ1) is 8.24. The van der Waals surface area contributed by atoms with Crippen LogP contribution < -0.4 is 10.5 Å². The zero-order chi connectivity index (χ0) is 13.9. The summed E-state index contributed by atoms with van der Waals surface area (Å²) >= 11 is 5.90. The normalized spacial score (nSPS) is 11.3. The van der Waals surface area contributed by atoms with E-state index in [-0.39, 0.29) is 17.1 Å². The average molecular weight is 289 g/mol. The molecule has 0 saturated heterocycles. The molecule has 0 saturated carbocycles. The lowest BCUT2D eigenvalue weighted by atomic mass is 10.2. The van der Waals surface area contributed by atoms with Gasteiger partial charge in [0.25, 0.3) is 0 Å². The molecule has 1 rings (SSSR count). The Bertz CT molecular complexity index is 553. The van der Waals surface area contributed by atoms with Gasteiger partial charge in [0.05, 0.1) is 15.6 Å². The number of halogens is 1. The van der Waals surface area contributed by atoms with Crippen LogP contribution in [0, 0.1) is 6.92 Å². The topological polar surface area (TPSA) is 72.2 Å². The number of allylic oxidation sites excluding steroid dienone is 1. The van der Waals surface area contributed by atoms with Crippen molar-refractivity contribution in [2.45, 2.75) is 25.7 Å². The van der Waals surface area contributed by atoms with Gasteiger partial charge in [0.2, 0.25) is 10.0 Å². The molecule has 100 valence electrons. The molecule has 0 bridgehead atoms. The molecule has 6 heteroatoms. The number of rotatable bonds is 4. The van der Waals surface area contributed by atoms with Crippen LogP contribution in [-0.4, -0.2) is 15.0 Å². The summed E-state index contributed by atoms with van der Waals surface area (Å²) in [6.45, 7) is 5.78. The van der Waals surface area contributed by atoms with Crippen molar-refractivity contribution < 1.29 is 8.42 Å². The van der Waals surface area contributed by atoms with Crippen LogP contribution in [0.5, 0.6) is 0 Å². The van der Waals surface area contributed by atoms with Crippen LogP contribution in [0.3, 0.4) is 0 Å². The monoisotopic (exact) mass is 288 g/mol. The molecule has 0 aliphatic carbocycles. The standard InChI is InChI=1S/C12H17ClN2O2S/c1-8(2)4-5-15-18(16,17)10-6-9(3)12(13)11(14)7-10/h4,6-7,15H,5,14H2,1-3H3. The fraction of sp³-hybridized carbons (Fsp3) is 0.333. The van der Waals surface area contributed by atoms with E-state index in [9.17, 15) is 8.42 Å². The predicted molar refractivity (Wildman–Crippen MR) is 75.2 cm³/mol. The summed E-state index contributed by atoms with van der Waals surface area (Å²) in [6, 6.07) is 2.86. The first kappa shape index (κ1) is 15.0. The second kappa shape index (κ2) is 5.73. The third-order valence-electron chi connectivity index (χ3n) is 2.35. The number of hydrogen-bond acceptors (Lipinski definition) is 3. The van der Waals surface area contributed by atoms with Crippen molar-refractivity contribution in [1.29, 1.82) is 0 Å². The second-order valence-corrected chi connectivity index (χ2v) is 6.42. The van der Waals surface area contributed by atoms with Gasteiger partial charge in [-0.1, -0.05) is 23.3 Å². The second-order valence-electron chi connectivity index (χ2n) is 4.28. The zero-order valence-corrected chi connectivity index (χ0v) is 12.2. The number of nitrogens with one attached hydrogen (secondary N) is 1. The summed E-state index contributed by atoms with van der Waals surface area (Å²) in [5.41, 5.74) is 7.61. The van der Waals surface area contributed by atoms with E-state index in [4.69, 9.17) is 17.3 Å². The lowest BCUT2D eigenvalue weighted by molar-refractivity contribution is 0.585. The molecular formula is C12H17ClN2O2S. The molecule has 1 aromatic rings. The van der Waals surface area contributed by atoms with E-state index < -0.39 is 10.0 Å². The lowest BCUT2D eigenvalue weighted by Crippen LogP contribution is -2.24. The molecule has 3 N–H and O–H groups in total. The number of nitrogens with two attached hydrogens (primary N) is 1. The Morgan fingerprint density at radius 3 is 2.56 bits per heavy atom. The Morgan fingerprint density at radius 1 is 1.44 bits per heavy atom. The number of anilines is 1. The highest BCUT2D eigenvalue weighted by Gasteiger charge is 2.15. The number of aryl methyl sites for hydroxylation is 1. The maximum Gasteiger partial charge on any atom is 0.240 e. The molecule has 0 unspecified atom stereocenters. The highest BCUT2D eigenvalue weighted by Crippen LogP contribution is 2.26. The van der Waals surface area contributed by atoms with Crippen LogP contribution in [0.15, 0.2) is 28.7 Å². The van der Waals surface area contributed by atoms with Crippen LogP contribution >= 0.6 is 11.6 Å². The molecular weight excluding hydrogens is 272 g/mol. The van der Waals surface area contributed by atoms with Crippen LogP contribution in [-0.2, 0) is 10.0 Å². The number of nitrogen functional groups attached to an aromatic ring is 1. The van der Waals surface area contributed by atoms with E-state index in [2.05, 4.69) is 4.72 Å². The van der Waals surface area contributed by atoms with Gasteiger partial charge in [0.15, 0.2) is 0 Å². The molecule has 0 aliphatic heterocycles.